The summed E-state index contributed by atoms with van der Waals surface area (Å²) in [6.07, 6.45) is 2.55. The van der Waals surface area contributed by atoms with Crippen LogP contribution in [0.3, 0.4) is 0 Å². The van der Waals surface area contributed by atoms with Crippen molar-refractivity contribution in [1.29, 1.82) is 0 Å². The minimum atomic E-state index is -0.185. The Hall–Kier alpha value is -1.31. The van der Waals surface area contributed by atoms with Gasteiger partial charge in [0.2, 0.25) is 0 Å². The second-order valence-corrected chi connectivity index (χ2v) is 2.53. The predicted octanol–water partition coefficient (Wildman–Crippen LogP) is 2.10. The van der Waals surface area contributed by atoms with Crippen molar-refractivity contribution in [2.45, 2.75) is 6.42 Å². The molecule has 0 aliphatic rings. The molecular formula is C10H12FN. The zero-order valence-electron chi connectivity index (χ0n) is 6.89. The van der Waals surface area contributed by atoms with Crippen LogP contribution < -0.4 is 5.32 Å². The van der Waals surface area contributed by atoms with Gasteiger partial charge in [-0.25, -0.2) is 4.39 Å². The lowest BCUT2D eigenvalue weighted by atomic mass is 10.1. The topological polar surface area (TPSA) is 12.0 Å². The van der Waals surface area contributed by atoms with Crippen LogP contribution in [0.5, 0.6) is 0 Å². The fourth-order valence-corrected chi connectivity index (χ4v) is 0.970. The molecule has 0 fully saturated rings. The third-order valence-electron chi connectivity index (χ3n) is 1.62. The highest BCUT2D eigenvalue weighted by Gasteiger charge is 1.91. The minimum Gasteiger partial charge on any atom is -0.391 e. The van der Waals surface area contributed by atoms with Crippen molar-refractivity contribution >= 4 is 0 Å². The van der Waals surface area contributed by atoms with Crippen LogP contribution in [0.25, 0.3) is 0 Å². The zero-order valence-corrected chi connectivity index (χ0v) is 6.89. The van der Waals surface area contributed by atoms with Crippen molar-refractivity contribution in [2.75, 3.05) is 6.54 Å². The molecule has 0 atom stereocenters. The van der Waals surface area contributed by atoms with E-state index in [4.69, 9.17) is 0 Å². The smallest absolute Gasteiger partial charge is 0.123 e. The van der Waals surface area contributed by atoms with Crippen LogP contribution in [0.4, 0.5) is 4.39 Å². The van der Waals surface area contributed by atoms with E-state index in [9.17, 15) is 4.39 Å². The maximum atomic E-state index is 12.4. The predicted molar refractivity (Wildman–Crippen MR) is 48.3 cm³/mol. The van der Waals surface area contributed by atoms with E-state index in [0.29, 0.717) is 0 Å². The first-order valence-electron chi connectivity index (χ1n) is 3.91. The molecule has 0 bridgehead atoms. The number of hydrogen-bond donors (Lipinski definition) is 1. The molecule has 1 aromatic carbocycles. The van der Waals surface area contributed by atoms with Gasteiger partial charge in [0, 0.05) is 6.54 Å². The lowest BCUT2D eigenvalue weighted by Gasteiger charge is -2.00. The molecule has 12 heavy (non-hydrogen) atoms. The molecule has 1 aromatic rings. The Morgan fingerprint density at radius 2 is 2.00 bits per heavy atom. The van der Waals surface area contributed by atoms with Crippen molar-refractivity contribution in [3.05, 3.63) is 48.4 Å². The van der Waals surface area contributed by atoms with Crippen molar-refractivity contribution in [3.8, 4) is 0 Å². The van der Waals surface area contributed by atoms with Crippen molar-refractivity contribution in [1.82, 2.24) is 5.32 Å². The van der Waals surface area contributed by atoms with Gasteiger partial charge in [0.1, 0.15) is 5.82 Å². The third-order valence-corrected chi connectivity index (χ3v) is 1.62. The summed E-state index contributed by atoms with van der Waals surface area (Å²) in [5, 5.41) is 2.98. The summed E-state index contributed by atoms with van der Waals surface area (Å²) in [7, 11) is 0. The van der Waals surface area contributed by atoms with Gasteiger partial charge in [-0.1, -0.05) is 18.7 Å². The van der Waals surface area contributed by atoms with Crippen LogP contribution in [0.1, 0.15) is 5.56 Å². The molecular weight excluding hydrogens is 153 g/mol. The van der Waals surface area contributed by atoms with Gasteiger partial charge in [-0.05, 0) is 30.3 Å². The summed E-state index contributed by atoms with van der Waals surface area (Å²) in [6, 6.07) is 6.53. The Balaban J connectivity index is 2.42. The summed E-state index contributed by atoms with van der Waals surface area (Å²) in [6.45, 7) is 4.38. The van der Waals surface area contributed by atoms with E-state index in [1.54, 1.807) is 18.3 Å². The Labute approximate surface area is 71.9 Å². The number of hydrogen-bond acceptors (Lipinski definition) is 1. The molecule has 0 aromatic heterocycles. The van der Waals surface area contributed by atoms with Gasteiger partial charge in [-0.2, -0.15) is 0 Å². The van der Waals surface area contributed by atoms with Crippen molar-refractivity contribution in [2.24, 2.45) is 0 Å². The van der Waals surface area contributed by atoms with E-state index in [2.05, 4.69) is 11.9 Å². The van der Waals surface area contributed by atoms with E-state index < -0.39 is 0 Å². The maximum Gasteiger partial charge on any atom is 0.123 e. The summed E-state index contributed by atoms with van der Waals surface area (Å²) in [4.78, 5) is 0. The van der Waals surface area contributed by atoms with E-state index in [1.807, 2.05) is 0 Å². The van der Waals surface area contributed by atoms with E-state index in [-0.39, 0.29) is 5.82 Å². The molecule has 0 amide bonds. The van der Waals surface area contributed by atoms with Crippen LogP contribution in [0, 0.1) is 5.82 Å². The van der Waals surface area contributed by atoms with Crippen LogP contribution in [-0.4, -0.2) is 6.54 Å². The van der Waals surface area contributed by atoms with E-state index >= 15 is 0 Å². The highest BCUT2D eigenvalue weighted by molar-refractivity contribution is 5.16. The molecule has 2 heteroatoms. The van der Waals surface area contributed by atoms with E-state index in [0.717, 1.165) is 18.5 Å². The zero-order chi connectivity index (χ0) is 8.81. The van der Waals surface area contributed by atoms with Gasteiger partial charge in [0.15, 0.2) is 0 Å². The molecule has 0 aliphatic heterocycles. The molecule has 0 heterocycles. The average molecular weight is 165 g/mol. The van der Waals surface area contributed by atoms with Gasteiger partial charge < -0.3 is 5.32 Å². The molecule has 0 saturated heterocycles. The highest BCUT2D eigenvalue weighted by atomic mass is 19.1. The molecule has 0 spiro atoms. The number of nitrogens with one attached hydrogen (secondary N) is 1. The Kier molecular flexibility index (Phi) is 3.33. The third kappa shape index (κ3) is 2.74. The Morgan fingerprint density at radius 1 is 1.33 bits per heavy atom. The van der Waals surface area contributed by atoms with Gasteiger partial charge in [-0.15, -0.1) is 0 Å². The van der Waals surface area contributed by atoms with Crippen LogP contribution in [0.2, 0.25) is 0 Å². The first kappa shape index (κ1) is 8.78. The maximum absolute atomic E-state index is 12.4. The second kappa shape index (κ2) is 4.54. The number of halogens is 1. The van der Waals surface area contributed by atoms with Crippen LogP contribution in [-0.2, 0) is 6.42 Å². The number of rotatable bonds is 4. The second-order valence-electron chi connectivity index (χ2n) is 2.53. The first-order chi connectivity index (χ1) is 5.83. The van der Waals surface area contributed by atoms with Gasteiger partial charge in [0.05, 0.1) is 0 Å². The molecule has 0 aliphatic carbocycles. The standard InChI is InChI=1S/C10H12FN/c1-2-12-8-7-9-3-5-10(11)6-4-9/h2-6,12H,1,7-8H2. The number of benzene rings is 1. The van der Waals surface area contributed by atoms with Crippen molar-refractivity contribution < 1.29 is 4.39 Å². The molecule has 0 unspecified atom stereocenters. The van der Waals surface area contributed by atoms with Crippen molar-refractivity contribution in [3.63, 3.8) is 0 Å². The molecule has 0 saturated carbocycles. The fraction of sp³-hybridized carbons (Fsp3) is 0.200. The quantitative estimate of drug-likeness (QED) is 0.674. The molecule has 1 rings (SSSR count). The largest absolute Gasteiger partial charge is 0.391 e. The molecule has 0 radical (unpaired) electrons. The summed E-state index contributed by atoms with van der Waals surface area (Å²) >= 11 is 0. The lowest BCUT2D eigenvalue weighted by molar-refractivity contribution is 0.626. The Morgan fingerprint density at radius 3 is 2.58 bits per heavy atom. The van der Waals surface area contributed by atoms with Crippen LogP contribution >= 0.6 is 0 Å². The molecule has 1 nitrogen and oxygen atoms in total. The summed E-state index contributed by atoms with van der Waals surface area (Å²) in [5.41, 5.74) is 1.13. The van der Waals surface area contributed by atoms with E-state index in [1.165, 1.54) is 12.1 Å². The normalized spacial score (nSPS) is 9.42. The summed E-state index contributed by atoms with van der Waals surface area (Å²) < 4.78 is 12.4. The average Bonchev–Trinajstić information content (AvgIpc) is 2.09. The summed E-state index contributed by atoms with van der Waals surface area (Å²) in [5.74, 6) is -0.185. The van der Waals surface area contributed by atoms with Gasteiger partial charge in [-0.3, -0.25) is 0 Å². The lowest BCUT2D eigenvalue weighted by Crippen LogP contribution is -2.08. The molecule has 1 N–H and O–H groups in total. The monoisotopic (exact) mass is 165 g/mol. The molecule has 64 valence electrons. The SMILES string of the molecule is C=CNCCc1ccc(F)cc1. The van der Waals surface area contributed by atoms with Gasteiger partial charge in [0.25, 0.3) is 0 Å². The Bertz CT molecular complexity index is 241. The van der Waals surface area contributed by atoms with Crippen LogP contribution in [0.15, 0.2) is 37.0 Å². The fourth-order valence-electron chi connectivity index (χ4n) is 0.970. The highest BCUT2D eigenvalue weighted by Crippen LogP contribution is 2.02. The minimum absolute atomic E-state index is 0.185. The first-order valence-corrected chi connectivity index (χ1v) is 3.91. The van der Waals surface area contributed by atoms with Gasteiger partial charge >= 0.3 is 0 Å².